The number of hydrogen-bond donors (Lipinski definition) is 1. The molecule has 0 aromatic heterocycles. The first kappa shape index (κ1) is 14.8. The summed E-state index contributed by atoms with van der Waals surface area (Å²) in [7, 11) is 1.62. The number of nitrogens with one attached hydrogen (secondary N) is 1. The predicted molar refractivity (Wildman–Crippen MR) is 79.7 cm³/mol. The first-order valence-electron chi connectivity index (χ1n) is 7.30. The zero-order valence-corrected chi connectivity index (χ0v) is 12.4. The van der Waals surface area contributed by atoms with E-state index < -0.39 is 0 Å². The van der Waals surface area contributed by atoms with Gasteiger partial charge in [0.15, 0.2) is 0 Å². The van der Waals surface area contributed by atoms with E-state index in [1.165, 1.54) is 18.4 Å². The first-order chi connectivity index (χ1) is 9.78. The maximum Gasteiger partial charge on any atom is 0.136 e. The van der Waals surface area contributed by atoms with Gasteiger partial charge < -0.3 is 10.1 Å². The number of nitrogens with zero attached hydrogens (tertiary/aromatic N) is 2. The highest BCUT2D eigenvalue weighted by atomic mass is 16.5. The van der Waals surface area contributed by atoms with Crippen molar-refractivity contribution in [3.63, 3.8) is 0 Å². The Bertz CT molecular complexity index is 475. The van der Waals surface area contributed by atoms with E-state index in [9.17, 15) is 0 Å². The Labute approximate surface area is 121 Å². The lowest BCUT2D eigenvalue weighted by Crippen LogP contribution is -2.42. The highest BCUT2D eigenvalue weighted by Gasteiger charge is 2.20. The molecule has 4 heteroatoms. The Hall–Kier alpha value is -1.57. The normalized spacial score (nSPS) is 16.1. The molecule has 0 amide bonds. The summed E-state index contributed by atoms with van der Waals surface area (Å²) in [6.45, 7) is 6.40. The van der Waals surface area contributed by atoms with Gasteiger partial charge in [0, 0.05) is 12.6 Å². The molecule has 1 heterocycles. The van der Waals surface area contributed by atoms with E-state index in [0.29, 0.717) is 17.4 Å². The van der Waals surface area contributed by atoms with Gasteiger partial charge >= 0.3 is 0 Å². The van der Waals surface area contributed by atoms with Crippen LogP contribution in [0.2, 0.25) is 0 Å². The number of ether oxygens (including phenoxy) is 1. The molecule has 0 atom stereocenters. The summed E-state index contributed by atoms with van der Waals surface area (Å²) in [5.41, 5.74) is 1.81. The summed E-state index contributed by atoms with van der Waals surface area (Å²) >= 11 is 0. The van der Waals surface area contributed by atoms with E-state index in [4.69, 9.17) is 10.00 Å². The van der Waals surface area contributed by atoms with Crippen LogP contribution in [0.25, 0.3) is 0 Å². The average Bonchev–Trinajstić information content (AvgIpc) is 2.53. The Morgan fingerprint density at radius 3 is 2.75 bits per heavy atom. The van der Waals surface area contributed by atoms with Crippen LogP contribution in [0.5, 0.6) is 5.75 Å². The van der Waals surface area contributed by atoms with Crippen LogP contribution in [0.3, 0.4) is 0 Å². The monoisotopic (exact) mass is 273 g/mol. The molecule has 0 unspecified atom stereocenters. The van der Waals surface area contributed by atoms with Crippen molar-refractivity contribution in [3.05, 3.63) is 29.3 Å². The van der Waals surface area contributed by atoms with Crippen LogP contribution >= 0.6 is 0 Å². The van der Waals surface area contributed by atoms with E-state index >= 15 is 0 Å². The maximum absolute atomic E-state index is 9.02. The molecule has 0 spiro atoms. The molecule has 2 rings (SSSR count). The van der Waals surface area contributed by atoms with Gasteiger partial charge in [0.05, 0.1) is 12.7 Å². The molecule has 1 fully saturated rings. The Balaban J connectivity index is 2.09. The summed E-state index contributed by atoms with van der Waals surface area (Å²) in [6.07, 6.45) is 2.42. The lowest BCUT2D eigenvalue weighted by molar-refractivity contribution is 0.162. The van der Waals surface area contributed by atoms with Crippen LogP contribution in [0, 0.1) is 11.3 Å². The zero-order chi connectivity index (χ0) is 14.4. The van der Waals surface area contributed by atoms with Crippen molar-refractivity contribution in [1.29, 1.82) is 5.26 Å². The number of piperidine rings is 1. The minimum absolute atomic E-state index is 0.598. The van der Waals surface area contributed by atoms with Crippen LogP contribution in [0.15, 0.2) is 18.2 Å². The lowest BCUT2D eigenvalue weighted by atomic mass is 10.0. The van der Waals surface area contributed by atoms with Crippen LogP contribution in [-0.4, -0.2) is 37.7 Å². The summed E-state index contributed by atoms with van der Waals surface area (Å²) in [5, 5.41) is 12.4. The molecular weight excluding hydrogens is 250 g/mol. The standard InChI is InChI=1S/C16H23N3O/c1-3-19(15-6-8-18-9-7-15)12-13-4-5-14(11-17)16(10-13)20-2/h4-5,10,15,18H,3,6-9,12H2,1-2H3. The van der Waals surface area contributed by atoms with Crippen LogP contribution in [0.1, 0.15) is 30.9 Å². The third-order valence-electron chi connectivity index (χ3n) is 4.00. The Morgan fingerprint density at radius 2 is 2.15 bits per heavy atom. The second-order valence-corrected chi connectivity index (χ2v) is 5.19. The molecule has 1 saturated heterocycles. The van der Waals surface area contributed by atoms with Gasteiger partial charge in [0.1, 0.15) is 11.8 Å². The minimum Gasteiger partial charge on any atom is -0.495 e. The molecule has 0 bridgehead atoms. The fourth-order valence-corrected chi connectivity index (χ4v) is 2.83. The largest absolute Gasteiger partial charge is 0.495 e. The third-order valence-corrected chi connectivity index (χ3v) is 4.00. The molecular formula is C16H23N3O. The summed E-state index contributed by atoms with van der Waals surface area (Å²) in [4.78, 5) is 2.52. The maximum atomic E-state index is 9.02. The number of benzene rings is 1. The van der Waals surface area contributed by atoms with E-state index in [1.807, 2.05) is 18.2 Å². The van der Waals surface area contributed by atoms with Crippen molar-refractivity contribution < 1.29 is 4.74 Å². The second-order valence-electron chi connectivity index (χ2n) is 5.19. The third kappa shape index (κ3) is 3.50. The van der Waals surface area contributed by atoms with Crippen molar-refractivity contribution in [2.75, 3.05) is 26.7 Å². The predicted octanol–water partition coefficient (Wildman–Crippen LogP) is 2.14. The molecule has 1 N–H and O–H groups in total. The van der Waals surface area contributed by atoms with Gasteiger partial charge in [-0.25, -0.2) is 0 Å². The van der Waals surface area contributed by atoms with Crippen molar-refractivity contribution >= 4 is 0 Å². The van der Waals surface area contributed by atoms with Crippen molar-refractivity contribution in [3.8, 4) is 11.8 Å². The lowest BCUT2D eigenvalue weighted by Gasteiger charge is -2.34. The number of nitriles is 1. The molecule has 1 aliphatic rings. The number of rotatable bonds is 5. The number of hydrogen-bond acceptors (Lipinski definition) is 4. The topological polar surface area (TPSA) is 48.3 Å². The smallest absolute Gasteiger partial charge is 0.136 e. The summed E-state index contributed by atoms with van der Waals surface area (Å²) in [5.74, 6) is 0.673. The van der Waals surface area contributed by atoms with E-state index in [-0.39, 0.29) is 0 Å². The minimum atomic E-state index is 0.598. The second kappa shape index (κ2) is 7.28. The van der Waals surface area contributed by atoms with Crippen LogP contribution in [-0.2, 0) is 6.54 Å². The van der Waals surface area contributed by atoms with Crippen LogP contribution in [0.4, 0.5) is 0 Å². The molecule has 4 nitrogen and oxygen atoms in total. The SMILES string of the molecule is CCN(Cc1ccc(C#N)c(OC)c1)C1CCNCC1. The van der Waals surface area contributed by atoms with E-state index in [2.05, 4.69) is 23.2 Å². The summed E-state index contributed by atoms with van der Waals surface area (Å²) < 4.78 is 5.29. The Kier molecular flexibility index (Phi) is 5.40. The van der Waals surface area contributed by atoms with Crippen molar-refractivity contribution in [2.45, 2.75) is 32.4 Å². The molecule has 1 aromatic carbocycles. The molecule has 1 aromatic rings. The molecule has 108 valence electrons. The molecule has 0 radical (unpaired) electrons. The van der Waals surface area contributed by atoms with Crippen molar-refractivity contribution in [1.82, 2.24) is 10.2 Å². The van der Waals surface area contributed by atoms with Gasteiger partial charge in [-0.05, 0) is 50.2 Å². The fourth-order valence-electron chi connectivity index (χ4n) is 2.83. The molecule has 20 heavy (non-hydrogen) atoms. The quantitative estimate of drug-likeness (QED) is 0.893. The van der Waals surface area contributed by atoms with Gasteiger partial charge in [-0.15, -0.1) is 0 Å². The van der Waals surface area contributed by atoms with Gasteiger partial charge in [-0.1, -0.05) is 13.0 Å². The van der Waals surface area contributed by atoms with Gasteiger partial charge in [0.2, 0.25) is 0 Å². The highest BCUT2D eigenvalue weighted by molar-refractivity contribution is 5.45. The molecule has 0 aliphatic carbocycles. The highest BCUT2D eigenvalue weighted by Crippen LogP contribution is 2.22. The molecule has 1 aliphatic heterocycles. The van der Waals surface area contributed by atoms with E-state index in [0.717, 1.165) is 26.2 Å². The number of methoxy groups -OCH3 is 1. The first-order valence-corrected chi connectivity index (χ1v) is 7.30. The van der Waals surface area contributed by atoms with Crippen LogP contribution < -0.4 is 10.1 Å². The summed E-state index contributed by atoms with van der Waals surface area (Å²) in [6, 6.07) is 8.69. The molecule has 0 saturated carbocycles. The zero-order valence-electron chi connectivity index (χ0n) is 12.4. The van der Waals surface area contributed by atoms with Crippen molar-refractivity contribution in [2.24, 2.45) is 0 Å². The average molecular weight is 273 g/mol. The van der Waals surface area contributed by atoms with Gasteiger partial charge in [-0.2, -0.15) is 5.26 Å². The fraction of sp³-hybridized carbons (Fsp3) is 0.562. The van der Waals surface area contributed by atoms with Gasteiger partial charge in [0.25, 0.3) is 0 Å². The Morgan fingerprint density at radius 1 is 1.40 bits per heavy atom. The van der Waals surface area contributed by atoms with Gasteiger partial charge in [-0.3, -0.25) is 4.90 Å². The van der Waals surface area contributed by atoms with E-state index in [1.54, 1.807) is 7.11 Å².